The minimum Gasteiger partial charge on any atom is -0.465 e. The van der Waals surface area contributed by atoms with Gasteiger partial charge < -0.3 is 4.74 Å². The molecule has 9 heteroatoms. The number of carbonyl (C=O) groups is 2. The van der Waals surface area contributed by atoms with Gasteiger partial charge in [-0.1, -0.05) is 0 Å². The molecule has 0 spiro atoms. The molecule has 3 N–H and O–H groups in total. The first kappa shape index (κ1) is 15.1. The van der Waals surface area contributed by atoms with E-state index < -0.39 is 26.8 Å². The van der Waals surface area contributed by atoms with E-state index in [1.54, 1.807) is 0 Å². The van der Waals surface area contributed by atoms with Crippen LogP contribution in [-0.4, -0.2) is 32.6 Å². The number of amides is 1. The first-order valence-corrected chi connectivity index (χ1v) is 6.48. The molecule has 1 aromatic rings. The van der Waals surface area contributed by atoms with Gasteiger partial charge in [-0.2, -0.15) is 5.06 Å². The second-order valence-corrected chi connectivity index (χ2v) is 5.08. The Balaban J connectivity index is 3.48. The van der Waals surface area contributed by atoms with Crippen molar-refractivity contribution in [2.24, 2.45) is 5.14 Å². The van der Waals surface area contributed by atoms with Gasteiger partial charge in [-0.3, -0.25) is 10.0 Å². The Morgan fingerprint density at radius 1 is 1.37 bits per heavy atom. The van der Waals surface area contributed by atoms with E-state index in [-0.39, 0.29) is 16.3 Å². The van der Waals surface area contributed by atoms with Gasteiger partial charge in [-0.05, 0) is 18.2 Å². The minimum atomic E-state index is -4.22. The number of primary sulfonamides is 1. The number of methoxy groups -OCH3 is 1. The van der Waals surface area contributed by atoms with E-state index >= 15 is 0 Å². The second kappa shape index (κ2) is 5.34. The standard InChI is InChI=1S/C10H12N2O6S/c1-6(13)12(15)7-3-4-8(10(14)18-2)9(5-7)19(11,16)17/h3-5,15H,1-2H3,(H2,11,16,17). The quantitative estimate of drug-likeness (QED) is 0.453. The topological polar surface area (TPSA) is 127 Å². The summed E-state index contributed by atoms with van der Waals surface area (Å²) in [6.07, 6.45) is 0. The highest BCUT2D eigenvalue weighted by atomic mass is 32.2. The predicted molar refractivity (Wildman–Crippen MR) is 64.1 cm³/mol. The number of hydroxylamine groups is 1. The van der Waals surface area contributed by atoms with Crippen LogP contribution in [0.4, 0.5) is 5.69 Å². The maximum Gasteiger partial charge on any atom is 0.339 e. The molecule has 0 radical (unpaired) electrons. The molecule has 1 rings (SSSR count). The third-order valence-corrected chi connectivity index (χ3v) is 3.17. The molecule has 0 unspecified atom stereocenters. The highest BCUT2D eigenvalue weighted by molar-refractivity contribution is 7.89. The summed E-state index contributed by atoms with van der Waals surface area (Å²) >= 11 is 0. The molecule has 0 aliphatic carbocycles. The largest absolute Gasteiger partial charge is 0.465 e. The lowest BCUT2D eigenvalue weighted by molar-refractivity contribution is -0.121. The van der Waals surface area contributed by atoms with Crippen molar-refractivity contribution >= 4 is 27.6 Å². The Morgan fingerprint density at radius 3 is 2.37 bits per heavy atom. The summed E-state index contributed by atoms with van der Waals surface area (Å²) in [4.78, 5) is 21.9. The van der Waals surface area contributed by atoms with Crippen LogP contribution < -0.4 is 10.2 Å². The van der Waals surface area contributed by atoms with E-state index in [1.807, 2.05) is 0 Å². The molecular formula is C10H12N2O6S. The molecule has 0 atom stereocenters. The molecule has 1 amide bonds. The molecule has 1 aromatic carbocycles. The molecule has 0 aromatic heterocycles. The number of hydrogen-bond acceptors (Lipinski definition) is 6. The predicted octanol–water partition coefficient (Wildman–Crippen LogP) is -0.137. The minimum absolute atomic E-state index is 0.135. The second-order valence-electron chi connectivity index (χ2n) is 3.55. The molecule has 0 bridgehead atoms. The number of ether oxygens (including phenoxy) is 1. The van der Waals surface area contributed by atoms with Crippen LogP contribution in [0.2, 0.25) is 0 Å². The van der Waals surface area contributed by atoms with Crippen molar-refractivity contribution in [2.45, 2.75) is 11.8 Å². The molecule has 0 fully saturated rings. The zero-order valence-electron chi connectivity index (χ0n) is 10.2. The Bertz CT molecular complexity index is 625. The van der Waals surface area contributed by atoms with Crippen molar-refractivity contribution in [3.05, 3.63) is 23.8 Å². The summed E-state index contributed by atoms with van der Waals surface area (Å²) in [6, 6.07) is 3.18. The monoisotopic (exact) mass is 288 g/mol. The van der Waals surface area contributed by atoms with Gasteiger partial charge in [0.1, 0.15) is 0 Å². The molecule has 0 saturated carbocycles. The first-order valence-electron chi connectivity index (χ1n) is 4.93. The molecule has 0 heterocycles. The third kappa shape index (κ3) is 3.28. The van der Waals surface area contributed by atoms with Crippen LogP contribution in [0, 0.1) is 0 Å². The van der Waals surface area contributed by atoms with Gasteiger partial charge >= 0.3 is 5.97 Å². The maximum absolute atomic E-state index is 11.4. The third-order valence-electron chi connectivity index (χ3n) is 2.22. The average Bonchev–Trinajstić information content (AvgIpc) is 2.35. The zero-order valence-corrected chi connectivity index (χ0v) is 11.0. The normalized spacial score (nSPS) is 10.9. The van der Waals surface area contributed by atoms with Gasteiger partial charge in [0.15, 0.2) is 0 Å². The van der Waals surface area contributed by atoms with Crippen molar-refractivity contribution in [3.8, 4) is 0 Å². The van der Waals surface area contributed by atoms with Crippen LogP contribution in [0.25, 0.3) is 0 Å². The number of carbonyl (C=O) groups excluding carboxylic acids is 2. The number of hydrogen-bond donors (Lipinski definition) is 2. The molecule has 104 valence electrons. The van der Waals surface area contributed by atoms with Gasteiger partial charge in [0.25, 0.3) is 0 Å². The number of esters is 1. The molecular weight excluding hydrogens is 276 g/mol. The van der Waals surface area contributed by atoms with E-state index in [2.05, 4.69) is 4.74 Å². The fraction of sp³-hybridized carbons (Fsp3) is 0.200. The number of rotatable bonds is 3. The van der Waals surface area contributed by atoms with E-state index in [1.165, 1.54) is 6.07 Å². The van der Waals surface area contributed by atoms with Crippen molar-refractivity contribution < 1.29 is 28.0 Å². The van der Waals surface area contributed by atoms with E-state index in [0.29, 0.717) is 0 Å². The van der Waals surface area contributed by atoms with Crippen LogP contribution in [0.3, 0.4) is 0 Å². The van der Waals surface area contributed by atoms with Crippen LogP contribution in [0.1, 0.15) is 17.3 Å². The summed E-state index contributed by atoms with van der Waals surface area (Å²) in [5, 5.41) is 14.6. The fourth-order valence-electron chi connectivity index (χ4n) is 1.34. The SMILES string of the molecule is COC(=O)c1ccc(N(O)C(C)=O)cc1S(N)(=O)=O. The van der Waals surface area contributed by atoms with Crippen molar-refractivity contribution in [2.75, 3.05) is 12.2 Å². The highest BCUT2D eigenvalue weighted by Gasteiger charge is 2.22. The van der Waals surface area contributed by atoms with E-state index in [9.17, 15) is 23.2 Å². The molecule has 0 aliphatic rings. The Hall–Kier alpha value is -1.97. The maximum atomic E-state index is 11.4. The summed E-state index contributed by atoms with van der Waals surface area (Å²) in [7, 11) is -3.14. The number of benzene rings is 1. The van der Waals surface area contributed by atoms with Gasteiger partial charge in [0, 0.05) is 6.92 Å². The van der Waals surface area contributed by atoms with Crippen molar-refractivity contribution in [3.63, 3.8) is 0 Å². The summed E-state index contributed by atoms with van der Waals surface area (Å²) in [5.41, 5.74) is -0.421. The number of nitrogens with zero attached hydrogens (tertiary/aromatic N) is 1. The highest BCUT2D eigenvalue weighted by Crippen LogP contribution is 2.22. The Morgan fingerprint density at radius 2 is 1.95 bits per heavy atom. The Kier molecular flexibility index (Phi) is 4.24. The van der Waals surface area contributed by atoms with Gasteiger partial charge in [0.2, 0.25) is 15.9 Å². The lowest BCUT2D eigenvalue weighted by atomic mass is 10.2. The number of sulfonamides is 1. The summed E-state index contributed by atoms with van der Waals surface area (Å²) in [6.45, 7) is 1.07. The van der Waals surface area contributed by atoms with Crippen LogP contribution in [0.15, 0.2) is 23.1 Å². The Labute approximate surface area is 109 Å². The number of nitrogens with two attached hydrogens (primary N) is 1. The molecule has 8 nitrogen and oxygen atoms in total. The molecule has 0 saturated heterocycles. The van der Waals surface area contributed by atoms with Crippen LogP contribution in [-0.2, 0) is 19.6 Å². The molecule has 19 heavy (non-hydrogen) atoms. The van der Waals surface area contributed by atoms with Gasteiger partial charge in [-0.15, -0.1) is 0 Å². The van der Waals surface area contributed by atoms with Crippen LogP contribution >= 0.6 is 0 Å². The van der Waals surface area contributed by atoms with Gasteiger partial charge in [-0.25, -0.2) is 18.4 Å². The van der Waals surface area contributed by atoms with Crippen molar-refractivity contribution in [1.29, 1.82) is 0 Å². The van der Waals surface area contributed by atoms with Crippen LogP contribution in [0.5, 0.6) is 0 Å². The zero-order chi connectivity index (χ0) is 14.8. The number of anilines is 1. The smallest absolute Gasteiger partial charge is 0.339 e. The first-order chi connectivity index (χ1) is 8.68. The molecule has 0 aliphatic heterocycles. The average molecular weight is 288 g/mol. The van der Waals surface area contributed by atoms with Crippen molar-refractivity contribution in [1.82, 2.24) is 0 Å². The lowest BCUT2D eigenvalue weighted by Gasteiger charge is -2.14. The van der Waals surface area contributed by atoms with Gasteiger partial charge in [0.05, 0.1) is 23.3 Å². The lowest BCUT2D eigenvalue weighted by Crippen LogP contribution is -2.25. The van der Waals surface area contributed by atoms with E-state index in [4.69, 9.17) is 5.14 Å². The summed E-state index contributed by atoms with van der Waals surface area (Å²) in [5.74, 6) is -1.63. The van der Waals surface area contributed by atoms with E-state index in [0.717, 1.165) is 26.2 Å². The summed E-state index contributed by atoms with van der Waals surface area (Å²) < 4.78 is 27.2. The fourth-order valence-corrected chi connectivity index (χ4v) is 2.08.